The second kappa shape index (κ2) is 5.41. The van der Waals surface area contributed by atoms with Crippen LogP contribution >= 0.6 is 0 Å². The molecule has 0 saturated heterocycles. The number of nitrogens with two attached hydrogens (primary N) is 1. The van der Waals surface area contributed by atoms with E-state index in [1.807, 2.05) is 6.20 Å². The number of aryl methyl sites for hydroxylation is 3. The van der Waals surface area contributed by atoms with Crippen LogP contribution in [0.25, 0.3) is 11.3 Å². The molecule has 1 heterocycles. The number of aromatic nitrogens is 2. The molecule has 0 fully saturated rings. The Hall–Kier alpha value is -1.61. The van der Waals surface area contributed by atoms with E-state index < -0.39 is 0 Å². The molecular weight excluding hydrogens is 246 g/mol. The number of nitrogens with zero attached hydrogens (tertiary/aromatic N) is 1. The highest BCUT2D eigenvalue weighted by atomic mass is 15.0. The third-order valence-corrected chi connectivity index (χ3v) is 4.44. The standard InChI is InChI=1S/C17H25N3/c1-6-17(18,7-2)16-19-10-15(20-16)14-9-12(4)11(3)8-13(14)5/h8-10H,6-7,18H2,1-5H3,(H,19,20). The predicted molar refractivity (Wildman–Crippen MR) is 84.7 cm³/mol. The molecule has 3 N–H and O–H groups in total. The van der Waals surface area contributed by atoms with E-state index in [1.165, 1.54) is 22.3 Å². The number of nitrogens with one attached hydrogen (secondary N) is 1. The number of imidazole rings is 1. The maximum atomic E-state index is 6.41. The number of benzene rings is 1. The molecule has 0 saturated carbocycles. The fraction of sp³-hybridized carbons (Fsp3) is 0.471. The monoisotopic (exact) mass is 271 g/mol. The average Bonchev–Trinajstić information content (AvgIpc) is 2.92. The molecule has 3 heteroatoms. The van der Waals surface area contributed by atoms with Crippen molar-refractivity contribution in [3.8, 4) is 11.3 Å². The van der Waals surface area contributed by atoms with Gasteiger partial charge in [0.1, 0.15) is 5.82 Å². The second-order valence-electron chi connectivity index (χ2n) is 5.76. The third kappa shape index (κ3) is 2.50. The molecule has 1 aromatic heterocycles. The first-order valence-corrected chi connectivity index (χ1v) is 7.34. The van der Waals surface area contributed by atoms with Gasteiger partial charge >= 0.3 is 0 Å². The fourth-order valence-corrected chi connectivity index (χ4v) is 2.55. The lowest BCUT2D eigenvalue weighted by molar-refractivity contribution is 0.391. The summed E-state index contributed by atoms with van der Waals surface area (Å²) in [4.78, 5) is 7.94. The van der Waals surface area contributed by atoms with E-state index in [2.05, 4.69) is 56.7 Å². The number of rotatable bonds is 4. The van der Waals surface area contributed by atoms with E-state index in [-0.39, 0.29) is 5.54 Å². The molecule has 2 rings (SSSR count). The first-order valence-electron chi connectivity index (χ1n) is 7.34. The molecule has 3 nitrogen and oxygen atoms in total. The van der Waals surface area contributed by atoms with Crippen molar-refractivity contribution in [2.75, 3.05) is 0 Å². The number of H-pyrrole nitrogens is 1. The van der Waals surface area contributed by atoms with Crippen LogP contribution in [0.2, 0.25) is 0 Å². The van der Waals surface area contributed by atoms with Gasteiger partial charge in [0.05, 0.1) is 17.4 Å². The lowest BCUT2D eigenvalue weighted by Gasteiger charge is -2.23. The second-order valence-corrected chi connectivity index (χ2v) is 5.76. The Labute approximate surface area is 121 Å². The number of hydrogen-bond donors (Lipinski definition) is 2. The number of hydrogen-bond acceptors (Lipinski definition) is 2. The Balaban J connectivity index is 2.46. The normalized spacial score (nSPS) is 11.9. The Bertz CT molecular complexity index is 607. The zero-order chi connectivity index (χ0) is 14.9. The van der Waals surface area contributed by atoms with Gasteiger partial charge in [0.25, 0.3) is 0 Å². The van der Waals surface area contributed by atoms with Crippen LogP contribution in [0.15, 0.2) is 18.3 Å². The minimum atomic E-state index is -0.355. The Morgan fingerprint density at radius 2 is 1.65 bits per heavy atom. The summed E-state index contributed by atoms with van der Waals surface area (Å²) >= 11 is 0. The summed E-state index contributed by atoms with van der Waals surface area (Å²) in [5.74, 6) is 0.884. The zero-order valence-electron chi connectivity index (χ0n) is 13.2. The largest absolute Gasteiger partial charge is 0.340 e. The van der Waals surface area contributed by atoms with E-state index in [0.717, 1.165) is 24.4 Å². The van der Waals surface area contributed by atoms with Crippen LogP contribution in [-0.4, -0.2) is 9.97 Å². The molecule has 0 aliphatic rings. The summed E-state index contributed by atoms with van der Waals surface area (Å²) < 4.78 is 0. The minimum Gasteiger partial charge on any atom is -0.340 e. The molecule has 1 aromatic carbocycles. The highest BCUT2D eigenvalue weighted by molar-refractivity contribution is 5.65. The molecule has 0 amide bonds. The molecule has 0 unspecified atom stereocenters. The maximum Gasteiger partial charge on any atom is 0.126 e. The maximum absolute atomic E-state index is 6.41. The minimum absolute atomic E-state index is 0.355. The van der Waals surface area contributed by atoms with Crippen molar-refractivity contribution < 1.29 is 0 Å². The summed E-state index contributed by atoms with van der Waals surface area (Å²) in [6.45, 7) is 10.6. The van der Waals surface area contributed by atoms with Crippen molar-refractivity contribution >= 4 is 0 Å². The number of aromatic amines is 1. The van der Waals surface area contributed by atoms with E-state index in [0.29, 0.717) is 0 Å². The van der Waals surface area contributed by atoms with Crippen LogP contribution in [0.5, 0.6) is 0 Å². The van der Waals surface area contributed by atoms with Gasteiger partial charge in [0.15, 0.2) is 0 Å². The first kappa shape index (κ1) is 14.8. The van der Waals surface area contributed by atoms with Crippen molar-refractivity contribution in [3.63, 3.8) is 0 Å². The Morgan fingerprint density at radius 3 is 2.25 bits per heavy atom. The molecule has 108 valence electrons. The summed E-state index contributed by atoms with van der Waals surface area (Å²) in [7, 11) is 0. The Kier molecular flexibility index (Phi) is 4.00. The molecule has 2 aromatic rings. The lowest BCUT2D eigenvalue weighted by Crippen LogP contribution is -2.36. The molecule has 0 atom stereocenters. The van der Waals surface area contributed by atoms with Crippen molar-refractivity contribution in [1.29, 1.82) is 0 Å². The molecular formula is C17H25N3. The van der Waals surface area contributed by atoms with Crippen LogP contribution in [0, 0.1) is 20.8 Å². The van der Waals surface area contributed by atoms with Crippen LogP contribution in [0.1, 0.15) is 49.2 Å². The molecule has 0 aliphatic carbocycles. The van der Waals surface area contributed by atoms with Crippen LogP contribution < -0.4 is 5.73 Å². The van der Waals surface area contributed by atoms with Crippen LogP contribution in [0.4, 0.5) is 0 Å². The predicted octanol–water partition coefficient (Wildman–Crippen LogP) is 3.98. The van der Waals surface area contributed by atoms with Gasteiger partial charge in [-0.15, -0.1) is 0 Å². The molecule has 0 bridgehead atoms. The van der Waals surface area contributed by atoms with Gasteiger partial charge in [-0.2, -0.15) is 0 Å². The van der Waals surface area contributed by atoms with Gasteiger partial charge in [0, 0.05) is 5.56 Å². The van der Waals surface area contributed by atoms with E-state index in [4.69, 9.17) is 5.73 Å². The topological polar surface area (TPSA) is 54.7 Å². The fourth-order valence-electron chi connectivity index (χ4n) is 2.55. The molecule has 20 heavy (non-hydrogen) atoms. The quantitative estimate of drug-likeness (QED) is 0.883. The van der Waals surface area contributed by atoms with E-state index >= 15 is 0 Å². The third-order valence-electron chi connectivity index (χ3n) is 4.44. The molecule has 0 radical (unpaired) electrons. The van der Waals surface area contributed by atoms with Crippen molar-refractivity contribution in [2.24, 2.45) is 5.73 Å². The Morgan fingerprint density at radius 1 is 1.05 bits per heavy atom. The van der Waals surface area contributed by atoms with Crippen molar-refractivity contribution in [2.45, 2.75) is 53.0 Å². The van der Waals surface area contributed by atoms with Gasteiger partial charge in [-0.05, 0) is 56.4 Å². The van der Waals surface area contributed by atoms with Crippen molar-refractivity contribution in [3.05, 3.63) is 40.8 Å². The SMILES string of the molecule is CCC(N)(CC)c1ncc(-c2cc(C)c(C)cc2C)[nH]1. The van der Waals surface area contributed by atoms with E-state index in [9.17, 15) is 0 Å². The van der Waals surface area contributed by atoms with Gasteiger partial charge < -0.3 is 10.7 Å². The summed E-state index contributed by atoms with van der Waals surface area (Å²) in [6, 6.07) is 4.44. The van der Waals surface area contributed by atoms with Crippen LogP contribution in [0.3, 0.4) is 0 Å². The highest BCUT2D eigenvalue weighted by Gasteiger charge is 2.26. The van der Waals surface area contributed by atoms with Gasteiger partial charge in [-0.3, -0.25) is 0 Å². The summed E-state index contributed by atoms with van der Waals surface area (Å²) in [5, 5.41) is 0. The van der Waals surface area contributed by atoms with E-state index in [1.54, 1.807) is 0 Å². The zero-order valence-corrected chi connectivity index (χ0v) is 13.2. The molecule has 0 spiro atoms. The van der Waals surface area contributed by atoms with Crippen molar-refractivity contribution in [1.82, 2.24) is 9.97 Å². The van der Waals surface area contributed by atoms with Crippen LogP contribution in [-0.2, 0) is 5.54 Å². The molecule has 0 aliphatic heterocycles. The van der Waals surface area contributed by atoms with Gasteiger partial charge in [-0.25, -0.2) is 4.98 Å². The van der Waals surface area contributed by atoms with Gasteiger partial charge in [-0.1, -0.05) is 19.9 Å². The van der Waals surface area contributed by atoms with Gasteiger partial charge in [0.2, 0.25) is 0 Å². The average molecular weight is 271 g/mol. The summed E-state index contributed by atoms with van der Waals surface area (Å²) in [6.07, 6.45) is 3.66. The summed E-state index contributed by atoms with van der Waals surface area (Å²) in [5.41, 5.74) is 12.2. The first-order chi connectivity index (χ1) is 9.41. The smallest absolute Gasteiger partial charge is 0.126 e. The lowest BCUT2D eigenvalue weighted by atomic mass is 9.93. The highest BCUT2D eigenvalue weighted by Crippen LogP contribution is 2.28.